The number of phenols is 1. The Morgan fingerprint density at radius 2 is 1.79 bits per heavy atom. The quantitative estimate of drug-likeness (QED) is 0.758. The molecule has 3 rings (SSSR count). The first kappa shape index (κ1) is 15.7. The number of aromatic hydroxyl groups is 1. The SMILES string of the molecule is CC(C)=Cc1c(OC(N)=O)c2ccccc2n1-c1ccc(O)cc1. The molecule has 5 heteroatoms. The van der Waals surface area contributed by atoms with Crippen LogP contribution in [-0.2, 0) is 0 Å². The Bertz CT molecular complexity index is 933. The van der Waals surface area contributed by atoms with Gasteiger partial charge in [0.05, 0.1) is 11.2 Å². The molecule has 0 aliphatic rings. The Hall–Kier alpha value is -3.21. The lowest BCUT2D eigenvalue weighted by Gasteiger charge is -2.10. The number of hydrogen-bond acceptors (Lipinski definition) is 3. The smallest absolute Gasteiger partial charge is 0.410 e. The van der Waals surface area contributed by atoms with Crippen molar-refractivity contribution >= 4 is 23.1 Å². The predicted molar refractivity (Wildman–Crippen MR) is 94.5 cm³/mol. The maximum Gasteiger partial charge on any atom is 0.410 e. The van der Waals surface area contributed by atoms with E-state index in [1.54, 1.807) is 24.3 Å². The molecule has 1 amide bonds. The number of allylic oxidation sites excluding steroid dienone is 1. The number of fused-ring (bicyclic) bond motifs is 1. The molecule has 0 aliphatic carbocycles. The lowest BCUT2D eigenvalue weighted by molar-refractivity contribution is 0.211. The van der Waals surface area contributed by atoms with E-state index in [0.29, 0.717) is 5.75 Å². The number of carbonyl (C=O) groups excluding carboxylic acids is 1. The lowest BCUT2D eigenvalue weighted by atomic mass is 10.2. The second-order valence-corrected chi connectivity index (χ2v) is 5.73. The molecule has 0 aliphatic heterocycles. The van der Waals surface area contributed by atoms with Crippen molar-refractivity contribution in [1.82, 2.24) is 4.57 Å². The van der Waals surface area contributed by atoms with Crippen LogP contribution in [0.5, 0.6) is 11.5 Å². The number of amides is 1. The van der Waals surface area contributed by atoms with Crippen LogP contribution in [0.25, 0.3) is 22.7 Å². The third-order valence-corrected chi connectivity index (χ3v) is 3.60. The van der Waals surface area contributed by atoms with Gasteiger partial charge in [-0.25, -0.2) is 4.79 Å². The zero-order chi connectivity index (χ0) is 17.3. The first-order valence-corrected chi connectivity index (χ1v) is 7.52. The van der Waals surface area contributed by atoms with Gasteiger partial charge in [0.15, 0.2) is 5.75 Å². The number of nitrogens with two attached hydrogens (primary N) is 1. The molecule has 3 N–H and O–H groups in total. The van der Waals surface area contributed by atoms with E-state index in [1.165, 1.54) is 0 Å². The zero-order valence-electron chi connectivity index (χ0n) is 13.5. The summed E-state index contributed by atoms with van der Waals surface area (Å²) >= 11 is 0. The Morgan fingerprint density at radius 3 is 2.42 bits per heavy atom. The summed E-state index contributed by atoms with van der Waals surface area (Å²) in [7, 11) is 0. The highest BCUT2D eigenvalue weighted by molar-refractivity contribution is 5.95. The van der Waals surface area contributed by atoms with Crippen molar-refractivity contribution in [3.63, 3.8) is 0 Å². The van der Waals surface area contributed by atoms with Crippen molar-refractivity contribution in [1.29, 1.82) is 0 Å². The molecular formula is C19H18N2O3. The minimum atomic E-state index is -0.855. The number of hydrogen-bond donors (Lipinski definition) is 2. The molecule has 122 valence electrons. The van der Waals surface area contributed by atoms with Crippen molar-refractivity contribution in [2.75, 3.05) is 0 Å². The highest BCUT2D eigenvalue weighted by atomic mass is 16.5. The Kier molecular flexibility index (Phi) is 4.00. The van der Waals surface area contributed by atoms with Crippen LogP contribution in [0.4, 0.5) is 4.79 Å². The van der Waals surface area contributed by atoms with Crippen LogP contribution in [0.2, 0.25) is 0 Å². The summed E-state index contributed by atoms with van der Waals surface area (Å²) in [5.41, 5.74) is 8.75. The third kappa shape index (κ3) is 2.84. The van der Waals surface area contributed by atoms with Crippen molar-refractivity contribution in [3.8, 4) is 17.2 Å². The Balaban J connectivity index is 2.39. The van der Waals surface area contributed by atoms with Crippen molar-refractivity contribution in [2.24, 2.45) is 5.73 Å². The minimum absolute atomic E-state index is 0.188. The molecule has 0 saturated heterocycles. The zero-order valence-corrected chi connectivity index (χ0v) is 13.5. The monoisotopic (exact) mass is 322 g/mol. The van der Waals surface area contributed by atoms with E-state index < -0.39 is 6.09 Å². The van der Waals surface area contributed by atoms with E-state index >= 15 is 0 Å². The summed E-state index contributed by atoms with van der Waals surface area (Å²) in [5.74, 6) is 0.611. The fraction of sp³-hybridized carbons (Fsp3) is 0.105. The predicted octanol–water partition coefficient (Wildman–Crippen LogP) is 4.22. The van der Waals surface area contributed by atoms with Gasteiger partial charge >= 0.3 is 6.09 Å². The Morgan fingerprint density at radius 1 is 1.12 bits per heavy atom. The van der Waals surface area contributed by atoms with Gasteiger partial charge in [0.25, 0.3) is 0 Å². The van der Waals surface area contributed by atoms with Crippen LogP contribution in [-0.4, -0.2) is 15.8 Å². The molecular weight excluding hydrogens is 304 g/mol. The van der Waals surface area contributed by atoms with Crippen LogP contribution in [0.15, 0.2) is 54.1 Å². The van der Waals surface area contributed by atoms with E-state index in [9.17, 15) is 9.90 Å². The summed E-state index contributed by atoms with van der Waals surface area (Å²) in [6.07, 6.45) is 1.08. The molecule has 0 radical (unpaired) electrons. The van der Waals surface area contributed by atoms with Crippen LogP contribution in [0.1, 0.15) is 19.5 Å². The number of phenolic OH excluding ortho intramolecular Hbond substituents is 1. The number of primary amides is 1. The van der Waals surface area contributed by atoms with E-state index in [1.807, 2.05) is 48.8 Å². The number of para-hydroxylation sites is 1. The molecule has 2 aromatic carbocycles. The largest absolute Gasteiger partial charge is 0.508 e. The lowest BCUT2D eigenvalue weighted by Crippen LogP contribution is -2.16. The maximum absolute atomic E-state index is 11.4. The topological polar surface area (TPSA) is 77.5 Å². The van der Waals surface area contributed by atoms with Crippen LogP contribution in [0.3, 0.4) is 0 Å². The first-order valence-electron chi connectivity index (χ1n) is 7.52. The van der Waals surface area contributed by atoms with Crippen LogP contribution >= 0.6 is 0 Å². The summed E-state index contributed by atoms with van der Waals surface area (Å²) in [4.78, 5) is 11.4. The van der Waals surface area contributed by atoms with Crippen molar-refractivity contribution in [2.45, 2.75) is 13.8 Å². The summed E-state index contributed by atoms with van der Waals surface area (Å²) in [5, 5.41) is 10.3. The highest BCUT2D eigenvalue weighted by Crippen LogP contribution is 2.37. The second kappa shape index (κ2) is 6.12. The fourth-order valence-electron chi connectivity index (χ4n) is 2.72. The standard InChI is InChI=1S/C19H18N2O3/c1-12(2)11-17-18(24-19(20)23)15-5-3-4-6-16(15)21(17)13-7-9-14(22)10-8-13/h3-11,22H,1-2H3,(H2,20,23). The number of carbonyl (C=O) groups is 1. The van der Waals surface area contributed by atoms with Gasteiger partial charge in [-0.15, -0.1) is 0 Å². The van der Waals surface area contributed by atoms with Gasteiger partial charge in [0.2, 0.25) is 0 Å². The average Bonchev–Trinajstić information content (AvgIpc) is 2.81. The normalized spacial score (nSPS) is 10.6. The summed E-state index contributed by atoms with van der Waals surface area (Å²) in [6, 6.07) is 14.5. The number of nitrogens with zero attached hydrogens (tertiary/aromatic N) is 1. The van der Waals surface area contributed by atoms with Crippen LogP contribution in [0, 0.1) is 0 Å². The number of ether oxygens (including phenoxy) is 1. The van der Waals surface area contributed by atoms with Gasteiger partial charge in [-0.05, 0) is 56.3 Å². The van der Waals surface area contributed by atoms with Gasteiger partial charge in [0.1, 0.15) is 5.75 Å². The molecule has 1 aromatic heterocycles. The first-order chi connectivity index (χ1) is 11.5. The van der Waals surface area contributed by atoms with Gasteiger partial charge < -0.3 is 20.1 Å². The highest BCUT2D eigenvalue weighted by Gasteiger charge is 2.19. The van der Waals surface area contributed by atoms with Gasteiger partial charge in [-0.2, -0.15) is 0 Å². The number of aromatic nitrogens is 1. The summed E-state index contributed by atoms with van der Waals surface area (Å²) < 4.78 is 7.28. The van der Waals surface area contributed by atoms with Crippen LogP contribution < -0.4 is 10.5 Å². The molecule has 0 saturated carbocycles. The maximum atomic E-state index is 11.4. The molecule has 1 heterocycles. The average molecular weight is 322 g/mol. The van der Waals surface area contributed by atoms with Gasteiger partial charge in [0, 0.05) is 11.1 Å². The van der Waals surface area contributed by atoms with E-state index in [4.69, 9.17) is 10.5 Å². The molecule has 0 atom stereocenters. The second-order valence-electron chi connectivity index (χ2n) is 5.73. The van der Waals surface area contributed by atoms with E-state index in [-0.39, 0.29) is 5.75 Å². The number of benzene rings is 2. The molecule has 5 nitrogen and oxygen atoms in total. The molecule has 0 spiro atoms. The van der Waals surface area contributed by atoms with Gasteiger partial charge in [-0.1, -0.05) is 17.7 Å². The number of rotatable bonds is 3. The molecule has 0 fully saturated rings. The van der Waals surface area contributed by atoms with E-state index in [0.717, 1.165) is 27.9 Å². The van der Waals surface area contributed by atoms with E-state index in [2.05, 4.69) is 0 Å². The molecule has 24 heavy (non-hydrogen) atoms. The summed E-state index contributed by atoms with van der Waals surface area (Å²) in [6.45, 7) is 3.93. The third-order valence-electron chi connectivity index (χ3n) is 3.60. The minimum Gasteiger partial charge on any atom is -0.508 e. The molecule has 0 bridgehead atoms. The van der Waals surface area contributed by atoms with Crippen molar-refractivity contribution < 1.29 is 14.6 Å². The fourth-order valence-corrected chi connectivity index (χ4v) is 2.72. The Labute approximate surface area is 139 Å². The molecule has 3 aromatic rings. The van der Waals surface area contributed by atoms with Gasteiger partial charge in [-0.3, -0.25) is 0 Å². The molecule has 0 unspecified atom stereocenters. The van der Waals surface area contributed by atoms with Crippen molar-refractivity contribution in [3.05, 3.63) is 59.8 Å².